The molecule has 2 aliphatic heterocycles. The quantitative estimate of drug-likeness (QED) is 0.0972. The Hall–Kier alpha value is -3.38. The first-order chi connectivity index (χ1) is 21.6. The molecule has 2 saturated heterocycles. The van der Waals surface area contributed by atoms with E-state index >= 15 is 0 Å². The second-order valence-electron chi connectivity index (χ2n) is 11.1. The van der Waals surface area contributed by atoms with E-state index in [1.54, 1.807) is 0 Å². The van der Waals surface area contributed by atoms with Crippen molar-refractivity contribution in [2.24, 2.45) is 0 Å². The molecule has 0 bridgehead atoms. The molecule has 0 saturated carbocycles. The number of hydrogen-bond acceptors (Lipinski definition) is 7. The molecular formula is C33H42N4O6S. The number of rotatable bonds is 18. The lowest BCUT2D eigenvalue weighted by molar-refractivity contribution is -0.126. The van der Waals surface area contributed by atoms with Crippen LogP contribution in [0.4, 0.5) is 4.79 Å². The average Bonchev–Trinajstić information content (AvgIpc) is 3.58. The summed E-state index contributed by atoms with van der Waals surface area (Å²) in [6.07, 6.45) is 3.30. The van der Waals surface area contributed by atoms with Crippen molar-refractivity contribution in [3.63, 3.8) is 0 Å². The topological polar surface area (TPSA) is 127 Å². The van der Waals surface area contributed by atoms with Crippen LogP contribution in [0, 0.1) is 0 Å². The van der Waals surface area contributed by atoms with Gasteiger partial charge in [-0.3, -0.25) is 9.59 Å². The predicted molar refractivity (Wildman–Crippen MR) is 173 cm³/mol. The van der Waals surface area contributed by atoms with Gasteiger partial charge < -0.3 is 35.5 Å². The number of fused-ring (bicyclic) bond motifs is 3. The zero-order valence-corrected chi connectivity index (χ0v) is 25.8. The van der Waals surface area contributed by atoms with Crippen LogP contribution in [-0.4, -0.2) is 87.1 Å². The van der Waals surface area contributed by atoms with Crippen LogP contribution in [0.5, 0.6) is 0 Å². The minimum absolute atomic E-state index is 0.0236. The van der Waals surface area contributed by atoms with E-state index in [0.29, 0.717) is 57.8 Å². The Kier molecular flexibility index (Phi) is 12.1. The summed E-state index contributed by atoms with van der Waals surface area (Å²) in [5.74, 6) is 0.802. The Balaban J connectivity index is 0.839. The molecule has 44 heavy (non-hydrogen) atoms. The molecule has 0 unspecified atom stereocenters. The van der Waals surface area contributed by atoms with E-state index in [9.17, 15) is 14.4 Å². The van der Waals surface area contributed by atoms with Crippen molar-refractivity contribution in [2.75, 3.05) is 51.9 Å². The number of carbonyl (C=O) groups is 3. The van der Waals surface area contributed by atoms with Gasteiger partial charge in [-0.05, 0) is 46.0 Å². The first-order valence-corrected chi connectivity index (χ1v) is 16.5. The molecule has 10 nitrogen and oxygen atoms in total. The molecule has 3 atom stereocenters. The maximum atomic E-state index is 12.2. The lowest BCUT2D eigenvalue weighted by Crippen LogP contribution is -2.36. The Morgan fingerprint density at radius 3 is 2.18 bits per heavy atom. The van der Waals surface area contributed by atoms with Crippen molar-refractivity contribution >= 4 is 51.2 Å². The molecule has 0 spiro atoms. The minimum Gasteiger partial charge on any atom is -0.377 e. The number of nitrogens with one attached hydrogen (secondary N) is 4. The van der Waals surface area contributed by atoms with Gasteiger partial charge in [0.1, 0.15) is 6.61 Å². The summed E-state index contributed by atoms with van der Waals surface area (Å²) in [4.78, 5) is 35.8. The van der Waals surface area contributed by atoms with Crippen molar-refractivity contribution < 1.29 is 28.6 Å². The number of benzene rings is 3. The Morgan fingerprint density at radius 2 is 1.48 bits per heavy atom. The van der Waals surface area contributed by atoms with Gasteiger partial charge in [0.05, 0.1) is 45.1 Å². The molecule has 2 heterocycles. The van der Waals surface area contributed by atoms with Gasteiger partial charge in [0.25, 0.3) is 0 Å². The van der Waals surface area contributed by atoms with Crippen LogP contribution in [0.25, 0.3) is 21.5 Å². The van der Waals surface area contributed by atoms with Crippen LogP contribution in [0.3, 0.4) is 0 Å². The summed E-state index contributed by atoms with van der Waals surface area (Å²) < 4.78 is 16.8. The number of hydrogen-bond donors (Lipinski definition) is 4. The van der Waals surface area contributed by atoms with Gasteiger partial charge in [0.15, 0.2) is 0 Å². The third-order valence-electron chi connectivity index (χ3n) is 7.95. The third kappa shape index (κ3) is 9.07. The summed E-state index contributed by atoms with van der Waals surface area (Å²) in [6.45, 7) is 2.80. The highest BCUT2D eigenvalue weighted by molar-refractivity contribution is 8.00. The molecule has 2 aliphatic rings. The molecule has 5 rings (SSSR count). The molecule has 4 amide bonds. The molecule has 2 fully saturated rings. The lowest BCUT2D eigenvalue weighted by atomic mass is 9.97. The lowest BCUT2D eigenvalue weighted by Gasteiger charge is -2.16. The highest BCUT2D eigenvalue weighted by atomic mass is 32.2. The molecule has 3 aromatic carbocycles. The van der Waals surface area contributed by atoms with Crippen molar-refractivity contribution in [2.45, 2.75) is 49.6 Å². The standard InChI is InChI=1S/C33H42N4O6S/c38-30(12-6-5-11-29-32-28(22-44-29)36-33(40)37-32)34-13-15-41-17-18-42-16-14-35-31(39)21-43-20-27-25-9-3-1-7-23(25)19-24-8-2-4-10-26(24)27/h1-4,7-10,19,28-29,32H,5-6,11-18,20-22H2,(H,34,38)(H,35,39)(H2,36,37,40)/t28-,29-,32-/m0/s1. The summed E-state index contributed by atoms with van der Waals surface area (Å²) >= 11 is 1.90. The van der Waals surface area contributed by atoms with Crippen molar-refractivity contribution in [3.05, 3.63) is 60.2 Å². The second kappa shape index (κ2) is 16.6. The number of carbonyl (C=O) groups excluding carboxylic acids is 3. The van der Waals surface area contributed by atoms with Gasteiger partial charge >= 0.3 is 6.03 Å². The minimum atomic E-state index is -0.184. The predicted octanol–water partition coefficient (Wildman–Crippen LogP) is 3.50. The second-order valence-corrected chi connectivity index (χ2v) is 12.4. The van der Waals surface area contributed by atoms with E-state index in [4.69, 9.17) is 14.2 Å². The Bertz CT molecular complexity index is 1370. The monoisotopic (exact) mass is 622 g/mol. The van der Waals surface area contributed by atoms with E-state index < -0.39 is 0 Å². The molecule has 11 heteroatoms. The van der Waals surface area contributed by atoms with Gasteiger partial charge in [0.2, 0.25) is 11.8 Å². The summed E-state index contributed by atoms with van der Waals surface area (Å²) in [6, 6.07) is 19.0. The molecule has 4 N–H and O–H groups in total. The van der Waals surface area contributed by atoms with E-state index in [0.717, 1.165) is 52.1 Å². The smallest absolute Gasteiger partial charge is 0.315 e. The van der Waals surface area contributed by atoms with Gasteiger partial charge in [-0.15, -0.1) is 0 Å². The van der Waals surface area contributed by atoms with Crippen LogP contribution in [-0.2, 0) is 30.4 Å². The SMILES string of the molecule is O=C(CCCC[C@@H]1SC[C@@H]2NC(=O)N[C@@H]21)NCCOCCOCCNC(=O)COCc1c2ccccc2cc2ccccc12. The molecular weight excluding hydrogens is 580 g/mol. The van der Waals surface area contributed by atoms with E-state index in [1.807, 2.05) is 36.0 Å². The number of ether oxygens (including phenoxy) is 3. The Labute approximate surface area is 262 Å². The van der Waals surface area contributed by atoms with Crippen LogP contribution in [0.1, 0.15) is 31.2 Å². The van der Waals surface area contributed by atoms with Crippen molar-refractivity contribution in [3.8, 4) is 0 Å². The van der Waals surface area contributed by atoms with Crippen molar-refractivity contribution in [1.82, 2.24) is 21.3 Å². The number of unbranched alkanes of at least 4 members (excludes halogenated alkanes) is 1. The third-order valence-corrected chi connectivity index (χ3v) is 9.46. The van der Waals surface area contributed by atoms with Gasteiger partial charge in [-0.25, -0.2) is 4.79 Å². The Morgan fingerprint density at radius 1 is 0.818 bits per heavy atom. The fraction of sp³-hybridized carbons (Fsp3) is 0.485. The van der Waals surface area contributed by atoms with Gasteiger partial charge in [-0.2, -0.15) is 11.8 Å². The average molecular weight is 623 g/mol. The normalized spacial score (nSPS) is 19.1. The van der Waals surface area contributed by atoms with Gasteiger partial charge in [0, 0.05) is 30.5 Å². The van der Waals surface area contributed by atoms with E-state index in [-0.39, 0.29) is 36.5 Å². The van der Waals surface area contributed by atoms with Crippen LogP contribution in [0.15, 0.2) is 54.6 Å². The molecule has 236 valence electrons. The highest BCUT2D eigenvalue weighted by Gasteiger charge is 2.42. The van der Waals surface area contributed by atoms with Gasteiger partial charge in [-0.1, -0.05) is 55.0 Å². The summed E-state index contributed by atoms with van der Waals surface area (Å²) in [7, 11) is 0. The molecule has 3 aromatic rings. The first-order valence-electron chi connectivity index (χ1n) is 15.4. The fourth-order valence-electron chi connectivity index (χ4n) is 5.77. The van der Waals surface area contributed by atoms with Crippen molar-refractivity contribution in [1.29, 1.82) is 0 Å². The van der Waals surface area contributed by atoms with Crippen LogP contribution >= 0.6 is 11.8 Å². The van der Waals surface area contributed by atoms with Crippen LogP contribution < -0.4 is 21.3 Å². The fourth-order valence-corrected chi connectivity index (χ4v) is 7.31. The largest absolute Gasteiger partial charge is 0.377 e. The zero-order valence-electron chi connectivity index (χ0n) is 25.0. The molecule has 0 radical (unpaired) electrons. The van der Waals surface area contributed by atoms with E-state index in [2.05, 4.69) is 51.6 Å². The maximum absolute atomic E-state index is 12.2. The highest BCUT2D eigenvalue weighted by Crippen LogP contribution is 2.33. The number of urea groups is 1. The maximum Gasteiger partial charge on any atom is 0.315 e. The van der Waals surface area contributed by atoms with E-state index in [1.165, 1.54) is 0 Å². The molecule has 0 aliphatic carbocycles. The zero-order chi connectivity index (χ0) is 30.6. The summed E-state index contributed by atoms with van der Waals surface area (Å²) in [5.41, 5.74) is 1.08. The summed E-state index contributed by atoms with van der Waals surface area (Å²) in [5, 5.41) is 16.7. The number of thioether (sulfide) groups is 1. The molecule has 0 aromatic heterocycles. The number of amides is 4. The van der Waals surface area contributed by atoms with Crippen LogP contribution in [0.2, 0.25) is 0 Å². The first kappa shape index (κ1) is 32.0.